The summed E-state index contributed by atoms with van der Waals surface area (Å²) in [4.78, 5) is 16.0. The SMILES string of the molecule is CC[C@H](CCc1cccnc1OCCO)NC(=O)OC(C)(C)C. The van der Waals surface area contributed by atoms with Crippen molar-refractivity contribution in [1.29, 1.82) is 0 Å². The highest BCUT2D eigenvalue weighted by Gasteiger charge is 2.19. The van der Waals surface area contributed by atoms with Crippen LogP contribution in [-0.2, 0) is 11.2 Å². The van der Waals surface area contributed by atoms with Gasteiger partial charge in [-0.1, -0.05) is 13.0 Å². The molecule has 1 aromatic heterocycles. The van der Waals surface area contributed by atoms with Gasteiger partial charge in [-0.2, -0.15) is 0 Å². The Kier molecular flexibility index (Phi) is 7.81. The average Bonchev–Trinajstić information content (AvgIpc) is 2.48. The van der Waals surface area contributed by atoms with Crippen LogP contribution in [0.15, 0.2) is 18.3 Å². The van der Waals surface area contributed by atoms with Gasteiger partial charge in [-0.3, -0.25) is 0 Å². The zero-order valence-electron chi connectivity index (χ0n) is 14.5. The minimum Gasteiger partial charge on any atom is -0.475 e. The van der Waals surface area contributed by atoms with Gasteiger partial charge in [0.05, 0.1) is 6.61 Å². The van der Waals surface area contributed by atoms with E-state index in [0.717, 1.165) is 24.8 Å². The first-order valence-corrected chi connectivity index (χ1v) is 8.02. The third kappa shape index (κ3) is 7.83. The molecule has 0 saturated carbocycles. The summed E-state index contributed by atoms with van der Waals surface area (Å²) in [6.07, 6.45) is 3.56. The van der Waals surface area contributed by atoms with E-state index in [2.05, 4.69) is 10.3 Å². The molecule has 0 radical (unpaired) electrons. The lowest BCUT2D eigenvalue weighted by Gasteiger charge is -2.23. The molecule has 0 aromatic carbocycles. The Balaban J connectivity index is 2.56. The predicted molar refractivity (Wildman–Crippen MR) is 88.6 cm³/mol. The first-order valence-electron chi connectivity index (χ1n) is 8.02. The van der Waals surface area contributed by atoms with E-state index in [9.17, 15) is 4.79 Å². The molecule has 0 aliphatic heterocycles. The van der Waals surface area contributed by atoms with E-state index in [1.54, 1.807) is 6.20 Å². The van der Waals surface area contributed by atoms with Crippen LogP contribution in [0.2, 0.25) is 0 Å². The molecule has 1 aromatic rings. The normalized spacial score (nSPS) is 12.6. The van der Waals surface area contributed by atoms with Crippen LogP contribution in [0.1, 0.15) is 46.1 Å². The lowest BCUT2D eigenvalue weighted by molar-refractivity contribution is 0.0500. The number of ether oxygens (including phenoxy) is 2. The van der Waals surface area contributed by atoms with E-state index >= 15 is 0 Å². The lowest BCUT2D eigenvalue weighted by atomic mass is 10.0. The molecule has 1 atom stereocenters. The van der Waals surface area contributed by atoms with Crippen molar-refractivity contribution in [3.63, 3.8) is 0 Å². The van der Waals surface area contributed by atoms with E-state index in [4.69, 9.17) is 14.6 Å². The minimum absolute atomic E-state index is 0.0238. The monoisotopic (exact) mass is 324 g/mol. The maximum absolute atomic E-state index is 11.8. The quantitative estimate of drug-likeness (QED) is 0.768. The van der Waals surface area contributed by atoms with Crippen LogP contribution in [0.5, 0.6) is 5.88 Å². The minimum atomic E-state index is -0.503. The summed E-state index contributed by atoms with van der Waals surface area (Å²) in [5.74, 6) is 0.536. The number of aryl methyl sites for hydroxylation is 1. The first kappa shape index (κ1) is 19.2. The van der Waals surface area contributed by atoms with Crippen LogP contribution in [0.3, 0.4) is 0 Å². The van der Waals surface area contributed by atoms with Crippen molar-refractivity contribution >= 4 is 6.09 Å². The van der Waals surface area contributed by atoms with E-state index in [-0.39, 0.29) is 19.3 Å². The molecule has 2 N–H and O–H groups in total. The smallest absolute Gasteiger partial charge is 0.407 e. The maximum Gasteiger partial charge on any atom is 0.407 e. The molecule has 23 heavy (non-hydrogen) atoms. The van der Waals surface area contributed by atoms with Crippen LogP contribution in [0.25, 0.3) is 0 Å². The van der Waals surface area contributed by atoms with Crippen molar-refractivity contribution in [2.24, 2.45) is 0 Å². The number of nitrogens with zero attached hydrogens (tertiary/aromatic N) is 1. The van der Waals surface area contributed by atoms with E-state index in [0.29, 0.717) is 5.88 Å². The zero-order valence-corrected chi connectivity index (χ0v) is 14.5. The third-order valence-corrected chi connectivity index (χ3v) is 3.16. The Hall–Kier alpha value is -1.82. The largest absolute Gasteiger partial charge is 0.475 e. The Morgan fingerprint density at radius 2 is 2.17 bits per heavy atom. The molecule has 1 heterocycles. The molecule has 0 spiro atoms. The van der Waals surface area contributed by atoms with Gasteiger partial charge in [0.15, 0.2) is 0 Å². The Morgan fingerprint density at radius 1 is 1.43 bits per heavy atom. The summed E-state index contributed by atoms with van der Waals surface area (Å²) in [5.41, 5.74) is 0.460. The molecule has 130 valence electrons. The van der Waals surface area contributed by atoms with Gasteiger partial charge in [-0.25, -0.2) is 9.78 Å². The molecule has 0 saturated heterocycles. The number of hydrogen-bond donors (Lipinski definition) is 2. The molecule has 0 aliphatic carbocycles. The number of nitrogens with one attached hydrogen (secondary N) is 1. The van der Waals surface area contributed by atoms with Gasteiger partial charge >= 0.3 is 6.09 Å². The van der Waals surface area contributed by atoms with Gasteiger partial charge < -0.3 is 19.9 Å². The molecule has 0 aliphatic rings. The number of aromatic nitrogens is 1. The van der Waals surface area contributed by atoms with Gasteiger partial charge in [-0.05, 0) is 46.1 Å². The van der Waals surface area contributed by atoms with Gasteiger partial charge in [0.2, 0.25) is 5.88 Å². The van der Waals surface area contributed by atoms with Gasteiger partial charge in [-0.15, -0.1) is 0 Å². The van der Waals surface area contributed by atoms with Gasteiger partial charge in [0.25, 0.3) is 0 Å². The second-order valence-electron chi connectivity index (χ2n) is 6.33. The number of carbonyl (C=O) groups is 1. The zero-order chi connectivity index (χ0) is 17.3. The number of amides is 1. The predicted octanol–water partition coefficient (Wildman–Crippen LogP) is 2.69. The van der Waals surface area contributed by atoms with Crippen molar-refractivity contribution in [1.82, 2.24) is 10.3 Å². The average molecular weight is 324 g/mol. The van der Waals surface area contributed by atoms with E-state index in [1.165, 1.54) is 0 Å². The molecular formula is C17H28N2O4. The topological polar surface area (TPSA) is 80.7 Å². The first-order chi connectivity index (χ1) is 10.9. The van der Waals surface area contributed by atoms with Gasteiger partial charge in [0, 0.05) is 17.8 Å². The summed E-state index contributed by atoms with van der Waals surface area (Å²) < 4.78 is 10.7. The van der Waals surface area contributed by atoms with Crippen LogP contribution in [0, 0.1) is 0 Å². The second-order valence-corrected chi connectivity index (χ2v) is 6.33. The Bertz CT molecular complexity index is 486. The fraction of sp³-hybridized carbons (Fsp3) is 0.647. The van der Waals surface area contributed by atoms with Crippen molar-refractivity contribution < 1.29 is 19.4 Å². The van der Waals surface area contributed by atoms with Crippen molar-refractivity contribution in [2.45, 2.75) is 58.6 Å². The van der Waals surface area contributed by atoms with Crippen LogP contribution in [-0.4, -0.2) is 41.0 Å². The van der Waals surface area contributed by atoms with Crippen molar-refractivity contribution in [3.05, 3.63) is 23.9 Å². The fourth-order valence-electron chi connectivity index (χ4n) is 2.07. The Labute approximate surface area is 138 Å². The summed E-state index contributed by atoms with van der Waals surface area (Å²) in [6.45, 7) is 7.72. The van der Waals surface area contributed by atoms with E-state index in [1.807, 2.05) is 39.8 Å². The van der Waals surface area contributed by atoms with Gasteiger partial charge in [0.1, 0.15) is 12.2 Å². The van der Waals surface area contributed by atoms with E-state index < -0.39 is 11.7 Å². The molecule has 1 rings (SSSR count). The summed E-state index contributed by atoms with van der Waals surface area (Å²) in [6, 6.07) is 3.82. The molecular weight excluding hydrogens is 296 g/mol. The number of hydrogen-bond acceptors (Lipinski definition) is 5. The fourth-order valence-corrected chi connectivity index (χ4v) is 2.07. The van der Waals surface area contributed by atoms with Crippen LogP contribution < -0.4 is 10.1 Å². The molecule has 1 amide bonds. The number of alkyl carbamates (subject to hydrolysis) is 1. The molecule has 0 bridgehead atoms. The molecule has 6 nitrogen and oxygen atoms in total. The number of aliphatic hydroxyl groups is 1. The Morgan fingerprint density at radius 3 is 2.78 bits per heavy atom. The van der Waals surface area contributed by atoms with Crippen molar-refractivity contribution in [2.75, 3.05) is 13.2 Å². The highest BCUT2D eigenvalue weighted by Crippen LogP contribution is 2.18. The lowest BCUT2D eigenvalue weighted by Crippen LogP contribution is -2.39. The summed E-state index contributed by atoms with van der Waals surface area (Å²) >= 11 is 0. The van der Waals surface area contributed by atoms with Crippen molar-refractivity contribution in [3.8, 4) is 5.88 Å². The molecule has 6 heteroatoms. The second kappa shape index (κ2) is 9.35. The highest BCUT2D eigenvalue weighted by atomic mass is 16.6. The summed E-state index contributed by atoms with van der Waals surface area (Å²) in [5, 5.41) is 11.7. The standard InChI is InChI=1S/C17H28N2O4/c1-5-14(19-16(21)23-17(2,3)4)9-8-13-7-6-10-18-15(13)22-12-11-20/h6-7,10,14,20H,5,8-9,11-12H2,1-4H3,(H,19,21)/t14-/m1/s1. The molecule has 0 unspecified atom stereocenters. The molecule has 0 fully saturated rings. The number of aliphatic hydroxyl groups excluding tert-OH is 1. The van der Waals surface area contributed by atoms with Crippen LogP contribution in [0.4, 0.5) is 4.79 Å². The number of carbonyl (C=O) groups excluding carboxylic acids is 1. The number of rotatable bonds is 8. The van der Waals surface area contributed by atoms with Crippen LogP contribution >= 0.6 is 0 Å². The third-order valence-electron chi connectivity index (χ3n) is 3.16. The summed E-state index contributed by atoms with van der Waals surface area (Å²) in [7, 11) is 0. The maximum atomic E-state index is 11.8. The highest BCUT2D eigenvalue weighted by molar-refractivity contribution is 5.68. The number of pyridine rings is 1.